The smallest absolute Gasteiger partial charge is 0.00611 e. The van der Waals surface area contributed by atoms with Crippen molar-refractivity contribution < 1.29 is 0 Å². The van der Waals surface area contributed by atoms with Crippen LogP contribution in [-0.4, -0.2) is 6.16 Å². The molecule has 0 aromatic heterocycles. The normalized spacial score (nSPS) is 11.0. The summed E-state index contributed by atoms with van der Waals surface area (Å²) in [6.45, 7) is 10.3. The van der Waals surface area contributed by atoms with Gasteiger partial charge in [-0.15, -0.1) is 0 Å². The fourth-order valence-corrected chi connectivity index (χ4v) is 4.24. The highest BCUT2D eigenvalue weighted by Crippen LogP contribution is 2.33. The number of hydrogen-bond donors (Lipinski definition) is 0. The van der Waals surface area contributed by atoms with Crippen LogP contribution in [0.15, 0.2) is 72.8 Å². The van der Waals surface area contributed by atoms with Gasteiger partial charge in [-0.2, -0.15) is 0 Å². The first kappa shape index (κ1) is 19.4. The average molecular weight is 324 g/mol. The van der Waals surface area contributed by atoms with Crippen LogP contribution in [0.3, 0.4) is 0 Å². The van der Waals surface area contributed by atoms with E-state index in [1.54, 1.807) is 0 Å². The van der Waals surface area contributed by atoms with Gasteiger partial charge in [-0.1, -0.05) is 97.8 Å². The molecule has 0 radical (unpaired) electrons. The minimum atomic E-state index is -0.313. The summed E-state index contributed by atoms with van der Waals surface area (Å²) in [6.07, 6.45) is 9.68. The Labute approximate surface area is 143 Å². The lowest BCUT2D eigenvalue weighted by atomic mass is 10.2. The van der Waals surface area contributed by atoms with E-state index >= 15 is 0 Å². The summed E-state index contributed by atoms with van der Waals surface area (Å²) in [4.78, 5) is 0. The molecule has 23 heavy (non-hydrogen) atoms. The number of aryl methyl sites for hydroxylation is 2. The number of benzene rings is 2. The number of allylic oxidation sites excluding steroid dienone is 4. The zero-order chi connectivity index (χ0) is 17.1. The second-order valence-corrected chi connectivity index (χ2v) is 7.49. The van der Waals surface area contributed by atoms with Gasteiger partial charge >= 0.3 is 0 Å². The molecule has 2 aromatic carbocycles. The second-order valence-electron chi connectivity index (χ2n) is 5.24. The average Bonchev–Trinajstić information content (AvgIpc) is 2.59. The van der Waals surface area contributed by atoms with Crippen LogP contribution in [0.25, 0.3) is 0 Å². The maximum absolute atomic E-state index is 2.28. The van der Waals surface area contributed by atoms with E-state index in [4.69, 9.17) is 0 Å². The van der Waals surface area contributed by atoms with Gasteiger partial charge in [-0.3, -0.25) is 0 Å². The molecule has 0 spiro atoms. The van der Waals surface area contributed by atoms with Crippen LogP contribution in [0.4, 0.5) is 0 Å². The first-order valence-electron chi connectivity index (χ1n) is 8.39. The highest BCUT2D eigenvalue weighted by atomic mass is 31.1. The quantitative estimate of drug-likeness (QED) is 0.475. The van der Waals surface area contributed by atoms with Crippen LogP contribution in [0.2, 0.25) is 0 Å². The molecule has 1 heteroatoms. The van der Waals surface area contributed by atoms with Crippen molar-refractivity contribution in [2.75, 3.05) is 6.16 Å². The van der Waals surface area contributed by atoms with Crippen molar-refractivity contribution in [1.82, 2.24) is 0 Å². The molecule has 0 aliphatic rings. The molecule has 122 valence electrons. The van der Waals surface area contributed by atoms with E-state index in [0.717, 1.165) is 6.16 Å². The van der Waals surface area contributed by atoms with Crippen LogP contribution in [0.1, 0.15) is 31.9 Å². The van der Waals surface area contributed by atoms with Gasteiger partial charge in [0.2, 0.25) is 0 Å². The van der Waals surface area contributed by atoms with Crippen LogP contribution >= 0.6 is 7.92 Å². The van der Waals surface area contributed by atoms with Crippen molar-refractivity contribution in [3.05, 3.63) is 84.0 Å². The first-order chi connectivity index (χ1) is 11.2. The Balaban J connectivity index is 0.00000127. The van der Waals surface area contributed by atoms with Crippen LogP contribution in [-0.2, 0) is 0 Å². The third kappa shape index (κ3) is 6.55. The van der Waals surface area contributed by atoms with E-state index in [1.165, 1.54) is 21.7 Å². The summed E-state index contributed by atoms with van der Waals surface area (Å²) >= 11 is 0. The molecule has 2 rings (SSSR count). The third-order valence-electron chi connectivity index (χ3n) is 3.42. The molecular formula is C22H29P. The van der Waals surface area contributed by atoms with E-state index in [9.17, 15) is 0 Å². The number of hydrogen-bond acceptors (Lipinski definition) is 0. The Bertz CT molecular complexity index is 558. The van der Waals surface area contributed by atoms with Gasteiger partial charge in [-0.05, 0) is 45.5 Å². The van der Waals surface area contributed by atoms with E-state index in [0.29, 0.717) is 0 Å². The van der Waals surface area contributed by atoms with E-state index in [-0.39, 0.29) is 7.92 Å². The van der Waals surface area contributed by atoms with Gasteiger partial charge in [0.05, 0.1) is 0 Å². The second kappa shape index (κ2) is 11.0. The minimum Gasteiger partial charge on any atom is -0.0877 e. The predicted molar refractivity (Wildman–Crippen MR) is 109 cm³/mol. The van der Waals surface area contributed by atoms with Crippen LogP contribution in [0, 0.1) is 13.8 Å². The van der Waals surface area contributed by atoms with Gasteiger partial charge in [0.1, 0.15) is 0 Å². The van der Waals surface area contributed by atoms with Crippen molar-refractivity contribution in [3.8, 4) is 0 Å². The summed E-state index contributed by atoms with van der Waals surface area (Å²) in [5.74, 6) is 0. The SMILES string of the molecule is C/C=C\C=C/CP(c1ccc(C)cc1)c1ccc(C)cc1.CC. The van der Waals surface area contributed by atoms with Crippen molar-refractivity contribution in [2.45, 2.75) is 34.6 Å². The highest BCUT2D eigenvalue weighted by Gasteiger charge is 2.11. The van der Waals surface area contributed by atoms with Gasteiger partial charge in [0.15, 0.2) is 0 Å². The molecular weight excluding hydrogens is 295 g/mol. The Morgan fingerprint density at radius 2 is 1.17 bits per heavy atom. The molecule has 0 aliphatic heterocycles. The molecule has 0 heterocycles. The van der Waals surface area contributed by atoms with E-state index in [1.807, 2.05) is 20.8 Å². The van der Waals surface area contributed by atoms with Gasteiger partial charge < -0.3 is 0 Å². The maximum Gasteiger partial charge on any atom is -0.00611 e. The van der Waals surface area contributed by atoms with Crippen molar-refractivity contribution >= 4 is 18.5 Å². The lowest BCUT2D eigenvalue weighted by molar-refractivity contribution is 1.48. The Kier molecular flexibility index (Phi) is 9.25. The zero-order valence-corrected chi connectivity index (χ0v) is 16.0. The summed E-state index contributed by atoms with van der Waals surface area (Å²) in [7, 11) is -0.313. The molecule has 0 amide bonds. The largest absolute Gasteiger partial charge is 0.0877 e. The van der Waals surface area contributed by atoms with Crippen LogP contribution < -0.4 is 10.6 Å². The molecule has 2 aromatic rings. The van der Waals surface area contributed by atoms with E-state index in [2.05, 4.69) is 86.7 Å². The number of rotatable bonds is 5. The van der Waals surface area contributed by atoms with E-state index < -0.39 is 0 Å². The zero-order valence-electron chi connectivity index (χ0n) is 15.1. The molecule has 0 N–H and O–H groups in total. The molecule has 0 fully saturated rings. The molecule has 0 saturated carbocycles. The lowest BCUT2D eigenvalue weighted by Crippen LogP contribution is -2.13. The van der Waals surface area contributed by atoms with Gasteiger partial charge in [0, 0.05) is 0 Å². The first-order valence-corrected chi connectivity index (χ1v) is 9.92. The fourth-order valence-electron chi connectivity index (χ4n) is 2.17. The fraction of sp³-hybridized carbons (Fsp3) is 0.273. The summed E-state index contributed by atoms with van der Waals surface area (Å²) in [5.41, 5.74) is 2.64. The third-order valence-corrected chi connectivity index (χ3v) is 5.84. The molecule has 0 unspecified atom stereocenters. The Morgan fingerprint density at radius 3 is 1.57 bits per heavy atom. The summed E-state index contributed by atoms with van der Waals surface area (Å²) in [5, 5.41) is 2.90. The monoisotopic (exact) mass is 324 g/mol. The molecule has 0 saturated heterocycles. The van der Waals surface area contributed by atoms with Crippen molar-refractivity contribution in [3.63, 3.8) is 0 Å². The van der Waals surface area contributed by atoms with Crippen molar-refractivity contribution in [2.24, 2.45) is 0 Å². The molecule has 0 atom stereocenters. The van der Waals surface area contributed by atoms with Gasteiger partial charge in [0.25, 0.3) is 0 Å². The Morgan fingerprint density at radius 1 is 0.739 bits per heavy atom. The molecule has 0 bridgehead atoms. The minimum absolute atomic E-state index is 0.313. The topological polar surface area (TPSA) is 0 Å². The summed E-state index contributed by atoms with van der Waals surface area (Å²) < 4.78 is 0. The highest BCUT2D eigenvalue weighted by molar-refractivity contribution is 7.73. The van der Waals surface area contributed by atoms with Gasteiger partial charge in [-0.25, -0.2) is 0 Å². The Hall–Kier alpha value is -1.65. The lowest BCUT2D eigenvalue weighted by Gasteiger charge is -2.17. The predicted octanol–water partition coefficient (Wildman–Crippen LogP) is 5.89. The molecule has 0 nitrogen and oxygen atoms in total. The maximum atomic E-state index is 2.28. The van der Waals surface area contributed by atoms with Crippen LogP contribution in [0.5, 0.6) is 0 Å². The molecule has 0 aliphatic carbocycles. The van der Waals surface area contributed by atoms with Crippen molar-refractivity contribution in [1.29, 1.82) is 0 Å². The summed E-state index contributed by atoms with van der Waals surface area (Å²) in [6, 6.07) is 18.0. The standard InChI is InChI=1S/C20H23P.C2H6/c1-4-5-6-7-16-21(19-12-8-17(2)9-13-19)20-14-10-18(3)11-15-20;1-2/h4-15H,16H2,1-3H3;1-2H3/b5-4-,7-6-;.